The molecule has 1 aromatic rings. The minimum atomic E-state index is -0.738. The highest BCUT2D eigenvalue weighted by molar-refractivity contribution is 6.31. The Morgan fingerprint density at radius 1 is 1.15 bits per heavy atom. The SMILES string of the molecule is CCOC(=O)C1=C(COCCN2CCNCC2)NC(C)=C(C(=O)OC)C1c1ccccc1Cl. The molecule has 0 saturated carbocycles. The highest BCUT2D eigenvalue weighted by atomic mass is 35.5. The Balaban J connectivity index is 1.93. The van der Waals surface area contributed by atoms with Gasteiger partial charge in [-0.3, -0.25) is 4.90 Å². The van der Waals surface area contributed by atoms with Gasteiger partial charge in [0.2, 0.25) is 0 Å². The average Bonchev–Trinajstić information content (AvgIpc) is 2.82. The molecule has 2 aliphatic rings. The number of esters is 2. The fourth-order valence-electron chi connectivity index (χ4n) is 4.16. The van der Waals surface area contributed by atoms with Crippen molar-refractivity contribution < 1.29 is 23.8 Å². The van der Waals surface area contributed by atoms with Gasteiger partial charge in [-0.25, -0.2) is 9.59 Å². The van der Waals surface area contributed by atoms with E-state index < -0.39 is 17.9 Å². The fraction of sp³-hybridized carbons (Fsp3) is 0.500. The van der Waals surface area contributed by atoms with Crippen molar-refractivity contribution in [3.05, 3.63) is 57.4 Å². The van der Waals surface area contributed by atoms with E-state index in [0.717, 1.165) is 32.7 Å². The molecule has 0 amide bonds. The van der Waals surface area contributed by atoms with E-state index in [1.165, 1.54) is 7.11 Å². The molecule has 2 aliphatic heterocycles. The summed E-state index contributed by atoms with van der Waals surface area (Å²) in [7, 11) is 1.31. The third kappa shape index (κ3) is 6.14. The Hall–Kier alpha value is -2.39. The third-order valence-electron chi connectivity index (χ3n) is 5.77. The van der Waals surface area contributed by atoms with Gasteiger partial charge in [0, 0.05) is 43.4 Å². The molecule has 0 bridgehead atoms. The highest BCUT2D eigenvalue weighted by Gasteiger charge is 2.39. The second-order valence-electron chi connectivity index (χ2n) is 7.87. The molecule has 3 rings (SSSR count). The molecule has 0 aliphatic carbocycles. The molecule has 180 valence electrons. The Morgan fingerprint density at radius 2 is 1.88 bits per heavy atom. The number of nitrogens with one attached hydrogen (secondary N) is 2. The van der Waals surface area contributed by atoms with Crippen LogP contribution in [-0.2, 0) is 23.8 Å². The first-order chi connectivity index (χ1) is 16.0. The van der Waals surface area contributed by atoms with Gasteiger partial charge in [0.25, 0.3) is 0 Å². The lowest BCUT2D eigenvalue weighted by molar-refractivity contribution is -0.139. The highest BCUT2D eigenvalue weighted by Crippen LogP contribution is 2.41. The van der Waals surface area contributed by atoms with Gasteiger partial charge in [0.05, 0.1) is 49.7 Å². The minimum absolute atomic E-state index is 0.174. The van der Waals surface area contributed by atoms with Crippen molar-refractivity contribution in [2.24, 2.45) is 0 Å². The summed E-state index contributed by atoms with van der Waals surface area (Å²) in [6.45, 7) is 9.13. The van der Waals surface area contributed by atoms with Gasteiger partial charge < -0.3 is 24.8 Å². The van der Waals surface area contributed by atoms with E-state index in [1.807, 2.05) is 6.07 Å². The number of piperazine rings is 1. The molecular weight excluding hydrogens is 446 g/mol. The minimum Gasteiger partial charge on any atom is -0.466 e. The van der Waals surface area contributed by atoms with E-state index >= 15 is 0 Å². The molecule has 0 aromatic heterocycles. The number of carbonyl (C=O) groups is 2. The van der Waals surface area contributed by atoms with Crippen LogP contribution in [-0.4, -0.2) is 76.5 Å². The molecule has 1 aromatic carbocycles. The van der Waals surface area contributed by atoms with Crippen LogP contribution in [0.4, 0.5) is 0 Å². The molecule has 9 heteroatoms. The summed E-state index contributed by atoms with van der Waals surface area (Å²) in [4.78, 5) is 28.2. The van der Waals surface area contributed by atoms with Crippen molar-refractivity contribution in [1.29, 1.82) is 0 Å². The first-order valence-corrected chi connectivity index (χ1v) is 11.6. The fourth-order valence-corrected chi connectivity index (χ4v) is 4.41. The molecule has 0 radical (unpaired) electrons. The number of nitrogens with zero attached hydrogens (tertiary/aromatic N) is 1. The molecule has 1 saturated heterocycles. The molecule has 2 N–H and O–H groups in total. The number of hydrogen-bond donors (Lipinski definition) is 2. The topological polar surface area (TPSA) is 89.1 Å². The number of methoxy groups -OCH3 is 1. The van der Waals surface area contributed by atoms with E-state index in [0.29, 0.717) is 39.7 Å². The lowest BCUT2D eigenvalue weighted by Crippen LogP contribution is -2.44. The maximum atomic E-state index is 13.1. The van der Waals surface area contributed by atoms with E-state index in [-0.39, 0.29) is 13.2 Å². The van der Waals surface area contributed by atoms with Crippen LogP contribution in [0, 0.1) is 0 Å². The quantitative estimate of drug-likeness (QED) is 0.413. The number of rotatable bonds is 9. The summed E-state index contributed by atoms with van der Waals surface area (Å²) < 4.78 is 16.4. The van der Waals surface area contributed by atoms with Crippen molar-refractivity contribution in [2.75, 3.05) is 59.7 Å². The van der Waals surface area contributed by atoms with Crippen LogP contribution in [0.2, 0.25) is 5.02 Å². The Kier molecular flexibility index (Phi) is 9.31. The summed E-state index contributed by atoms with van der Waals surface area (Å²) in [6.07, 6.45) is 0. The van der Waals surface area contributed by atoms with Gasteiger partial charge in [-0.2, -0.15) is 0 Å². The second kappa shape index (κ2) is 12.2. The van der Waals surface area contributed by atoms with Gasteiger partial charge in [0.1, 0.15) is 0 Å². The first-order valence-electron chi connectivity index (χ1n) is 11.2. The Morgan fingerprint density at radius 3 is 2.55 bits per heavy atom. The summed E-state index contributed by atoms with van der Waals surface area (Å²) in [5.74, 6) is -1.80. The second-order valence-corrected chi connectivity index (χ2v) is 8.27. The number of halogens is 1. The van der Waals surface area contributed by atoms with Crippen molar-refractivity contribution in [1.82, 2.24) is 15.5 Å². The van der Waals surface area contributed by atoms with Crippen LogP contribution in [0.1, 0.15) is 25.3 Å². The van der Waals surface area contributed by atoms with Crippen molar-refractivity contribution in [2.45, 2.75) is 19.8 Å². The lowest BCUT2D eigenvalue weighted by Gasteiger charge is -2.32. The standard InChI is InChI=1S/C24H32ClN3O5/c1-4-33-24(30)22-19(15-32-14-13-28-11-9-26-10-12-28)27-16(2)20(23(29)31-3)21(22)17-7-5-6-8-18(17)25/h5-8,21,26-27H,4,9-15H2,1-3H3. The summed E-state index contributed by atoms with van der Waals surface area (Å²) in [5, 5.41) is 6.97. The zero-order valence-electron chi connectivity index (χ0n) is 19.4. The zero-order valence-corrected chi connectivity index (χ0v) is 20.2. The van der Waals surface area contributed by atoms with Gasteiger partial charge in [-0.1, -0.05) is 29.8 Å². The number of carbonyl (C=O) groups excluding carboxylic acids is 2. The molecule has 1 unspecified atom stereocenters. The number of hydrogen-bond acceptors (Lipinski definition) is 8. The monoisotopic (exact) mass is 477 g/mol. The summed E-state index contributed by atoms with van der Waals surface area (Å²) in [5.41, 5.74) is 2.39. The largest absolute Gasteiger partial charge is 0.466 e. The van der Waals surface area contributed by atoms with Gasteiger partial charge in [0.15, 0.2) is 0 Å². The van der Waals surface area contributed by atoms with Crippen LogP contribution in [0.15, 0.2) is 46.8 Å². The van der Waals surface area contributed by atoms with Gasteiger partial charge in [-0.15, -0.1) is 0 Å². The summed E-state index contributed by atoms with van der Waals surface area (Å²) >= 11 is 6.51. The van der Waals surface area contributed by atoms with Crippen LogP contribution in [0.3, 0.4) is 0 Å². The van der Waals surface area contributed by atoms with Crippen LogP contribution < -0.4 is 10.6 Å². The number of dihydropyridines is 1. The number of allylic oxidation sites excluding steroid dienone is 1. The van der Waals surface area contributed by atoms with Crippen molar-refractivity contribution in [3.8, 4) is 0 Å². The number of ether oxygens (including phenoxy) is 3. The molecule has 0 spiro atoms. The maximum Gasteiger partial charge on any atom is 0.336 e. The third-order valence-corrected chi connectivity index (χ3v) is 6.11. The van der Waals surface area contributed by atoms with Crippen molar-refractivity contribution in [3.63, 3.8) is 0 Å². The predicted octanol–water partition coefficient (Wildman–Crippen LogP) is 2.21. The van der Waals surface area contributed by atoms with Gasteiger partial charge in [-0.05, 0) is 25.5 Å². The Labute approximate surface area is 199 Å². The normalized spacial score (nSPS) is 19.3. The van der Waals surface area contributed by atoms with Crippen LogP contribution in [0.5, 0.6) is 0 Å². The van der Waals surface area contributed by atoms with Crippen molar-refractivity contribution >= 4 is 23.5 Å². The summed E-state index contributed by atoms with van der Waals surface area (Å²) in [6, 6.07) is 7.15. The van der Waals surface area contributed by atoms with E-state index in [9.17, 15) is 9.59 Å². The predicted molar refractivity (Wildman–Crippen MR) is 126 cm³/mol. The molecule has 1 atom stereocenters. The lowest BCUT2D eigenvalue weighted by atomic mass is 9.80. The van der Waals surface area contributed by atoms with E-state index in [2.05, 4.69) is 15.5 Å². The smallest absolute Gasteiger partial charge is 0.336 e. The Bertz CT molecular complexity index is 924. The number of benzene rings is 1. The molecule has 2 heterocycles. The average molecular weight is 478 g/mol. The maximum absolute atomic E-state index is 13.1. The molecule has 1 fully saturated rings. The van der Waals surface area contributed by atoms with E-state index in [4.69, 9.17) is 25.8 Å². The molecule has 33 heavy (non-hydrogen) atoms. The van der Waals surface area contributed by atoms with Crippen LogP contribution in [0.25, 0.3) is 0 Å². The van der Waals surface area contributed by atoms with E-state index in [1.54, 1.807) is 32.0 Å². The van der Waals surface area contributed by atoms with Crippen LogP contribution >= 0.6 is 11.6 Å². The molecule has 8 nitrogen and oxygen atoms in total. The first kappa shape index (κ1) is 25.2. The molecular formula is C24H32ClN3O5. The van der Waals surface area contributed by atoms with Gasteiger partial charge >= 0.3 is 11.9 Å². The zero-order chi connectivity index (χ0) is 23.8.